The Morgan fingerprint density at radius 3 is 2.17 bits per heavy atom. The molecule has 0 aliphatic heterocycles. The fourth-order valence-electron chi connectivity index (χ4n) is 3.44. The van der Waals surface area contributed by atoms with Gasteiger partial charge in [0, 0.05) is 28.9 Å². The molecule has 0 spiro atoms. The van der Waals surface area contributed by atoms with Crippen molar-refractivity contribution >= 4 is 22.5 Å². The highest BCUT2D eigenvalue weighted by atomic mass is 16.3. The second kappa shape index (κ2) is 7.95. The first-order valence-corrected chi connectivity index (χ1v) is 9.69. The maximum atomic E-state index is 12.9. The number of nitrogens with one attached hydrogen (secondary N) is 2. The summed E-state index contributed by atoms with van der Waals surface area (Å²) < 4.78 is 0. The van der Waals surface area contributed by atoms with E-state index in [0.29, 0.717) is 16.6 Å². The number of H-pyrrole nitrogens is 1. The minimum atomic E-state index is -0.509. The van der Waals surface area contributed by atoms with Gasteiger partial charge in [-0.15, -0.1) is 0 Å². The van der Waals surface area contributed by atoms with E-state index in [-0.39, 0.29) is 33.0 Å². The first-order chi connectivity index (χ1) is 13.4. The van der Waals surface area contributed by atoms with E-state index in [1.807, 2.05) is 53.7 Å². The number of phenols is 1. The monoisotopic (exact) mass is 410 g/mol. The van der Waals surface area contributed by atoms with Crippen molar-refractivity contribution in [2.75, 3.05) is 5.32 Å². The number of amides is 1. The zero-order valence-corrected chi connectivity index (χ0v) is 18.3. The molecule has 0 aliphatic rings. The standard InChI is InChI=1S/C24H28N2O3.H2O/c1-23(2,3)16-11-17(24(4,5)6)20(27)12-19(16)26-22(29)15-13-25-18-10-8-7-9-14(18)21(15)28;/h7-13,27H,1-6H3,(H,25,28)(H,26,29);1H2. The number of hydrogen-bond acceptors (Lipinski definition) is 3. The third-order valence-corrected chi connectivity index (χ3v) is 5.03. The van der Waals surface area contributed by atoms with Gasteiger partial charge in [-0.1, -0.05) is 53.7 Å². The normalized spacial score (nSPS) is 11.8. The van der Waals surface area contributed by atoms with Crippen LogP contribution in [0.1, 0.15) is 63.0 Å². The van der Waals surface area contributed by atoms with Crippen LogP contribution in [-0.4, -0.2) is 21.5 Å². The van der Waals surface area contributed by atoms with Crippen molar-refractivity contribution < 1.29 is 15.4 Å². The van der Waals surface area contributed by atoms with Gasteiger partial charge in [0.15, 0.2) is 0 Å². The molecular formula is C24H30N2O4. The van der Waals surface area contributed by atoms with Crippen molar-refractivity contribution in [3.8, 4) is 5.75 Å². The Bertz CT molecular complexity index is 1150. The Kier molecular flexibility index (Phi) is 6.14. The van der Waals surface area contributed by atoms with Crippen molar-refractivity contribution in [2.24, 2.45) is 0 Å². The summed E-state index contributed by atoms with van der Waals surface area (Å²) in [5, 5.41) is 13.9. The minimum Gasteiger partial charge on any atom is -0.508 e. The number of phenolic OH excluding ortho intramolecular Hbond substituents is 1. The van der Waals surface area contributed by atoms with Crippen LogP contribution in [0.3, 0.4) is 0 Å². The first kappa shape index (κ1) is 23.2. The number of carbonyl (C=O) groups is 1. The summed E-state index contributed by atoms with van der Waals surface area (Å²) >= 11 is 0. The average Bonchev–Trinajstić information content (AvgIpc) is 2.60. The SMILES string of the molecule is CC(C)(C)c1cc(C(C)(C)C)c(NC(=O)c2c[nH]c3ccccc3c2=O)cc1O.O. The Labute approximate surface area is 176 Å². The van der Waals surface area contributed by atoms with Crippen LogP contribution in [0.4, 0.5) is 5.69 Å². The van der Waals surface area contributed by atoms with E-state index in [4.69, 9.17) is 0 Å². The lowest BCUT2D eigenvalue weighted by Gasteiger charge is -2.28. The van der Waals surface area contributed by atoms with Gasteiger partial charge in [-0.25, -0.2) is 0 Å². The molecule has 0 aliphatic carbocycles. The molecular weight excluding hydrogens is 380 g/mol. The molecule has 30 heavy (non-hydrogen) atoms. The maximum absolute atomic E-state index is 12.9. The number of hydrogen-bond donors (Lipinski definition) is 3. The summed E-state index contributed by atoms with van der Waals surface area (Å²) in [6.07, 6.45) is 1.43. The molecule has 6 heteroatoms. The van der Waals surface area contributed by atoms with Gasteiger partial charge in [-0.05, 0) is 40.2 Å². The number of rotatable bonds is 2. The molecule has 0 bridgehead atoms. The zero-order valence-electron chi connectivity index (χ0n) is 18.3. The van der Waals surface area contributed by atoms with Crippen LogP contribution in [-0.2, 0) is 10.8 Å². The van der Waals surface area contributed by atoms with Gasteiger partial charge in [-0.3, -0.25) is 9.59 Å². The molecule has 5 N–H and O–H groups in total. The molecule has 3 rings (SSSR count). The number of aromatic nitrogens is 1. The van der Waals surface area contributed by atoms with Gasteiger partial charge < -0.3 is 20.9 Å². The van der Waals surface area contributed by atoms with Crippen LogP contribution in [0.25, 0.3) is 10.9 Å². The van der Waals surface area contributed by atoms with Crippen molar-refractivity contribution in [1.82, 2.24) is 4.98 Å². The van der Waals surface area contributed by atoms with Gasteiger partial charge in [0.25, 0.3) is 5.91 Å². The van der Waals surface area contributed by atoms with E-state index >= 15 is 0 Å². The fraction of sp³-hybridized carbons (Fsp3) is 0.333. The number of fused-ring (bicyclic) bond motifs is 1. The number of carbonyl (C=O) groups excluding carboxylic acids is 1. The third kappa shape index (κ3) is 4.39. The predicted molar refractivity (Wildman–Crippen MR) is 122 cm³/mol. The molecule has 0 radical (unpaired) electrons. The van der Waals surface area contributed by atoms with Gasteiger partial charge in [0.2, 0.25) is 5.43 Å². The van der Waals surface area contributed by atoms with E-state index in [2.05, 4.69) is 10.3 Å². The van der Waals surface area contributed by atoms with Gasteiger partial charge in [0.05, 0.1) is 0 Å². The molecule has 160 valence electrons. The van der Waals surface area contributed by atoms with Crippen LogP contribution in [0, 0.1) is 0 Å². The lowest BCUT2D eigenvalue weighted by atomic mass is 9.79. The first-order valence-electron chi connectivity index (χ1n) is 9.69. The number of anilines is 1. The highest BCUT2D eigenvalue weighted by Crippen LogP contribution is 2.39. The molecule has 6 nitrogen and oxygen atoms in total. The predicted octanol–water partition coefficient (Wildman–Crippen LogP) is 4.26. The summed E-state index contributed by atoms with van der Waals surface area (Å²) in [7, 11) is 0. The van der Waals surface area contributed by atoms with Crippen LogP contribution < -0.4 is 10.7 Å². The van der Waals surface area contributed by atoms with Gasteiger partial charge in [0.1, 0.15) is 11.3 Å². The molecule has 1 heterocycles. The molecule has 0 saturated heterocycles. The van der Waals surface area contributed by atoms with Gasteiger partial charge in [-0.2, -0.15) is 0 Å². The summed E-state index contributed by atoms with van der Waals surface area (Å²) in [5.74, 6) is -0.390. The highest BCUT2D eigenvalue weighted by molar-refractivity contribution is 6.06. The van der Waals surface area contributed by atoms with Crippen molar-refractivity contribution in [3.63, 3.8) is 0 Å². The van der Waals surface area contributed by atoms with Crippen LogP contribution in [0.15, 0.2) is 47.4 Å². The summed E-state index contributed by atoms with van der Waals surface area (Å²) in [4.78, 5) is 28.7. The quantitative estimate of drug-likeness (QED) is 0.586. The Hall–Kier alpha value is -3.12. The summed E-state index contributed by atoms with van der Waals surface area (Å²) in [6.45, 7) is 12.2. The van der Waals surface area contributed by atoms with E-state index in [0.717, 1.165) is 11.1 Å². The molecule has 0 unspecified atom stereocenters. The maximum Gasteiger partial charge on any atom is 0.261 e. The second-order valence-corrected chi connectivity index (χ2v) is 9.45. The van der Waals surface area contributed by atoms with Crippen molar-refractivity contribution in [3.05, 3.63) is 69.5 Å². The molecule has 0 saturated carbocycles. The fourth-order valence-corrected chi connectivity index (χ4v) is 3.44. The zero-order chi connectivity index (χ0) is 21.6. The Balaban J connectivity index is 0.00000320. The topological polar surface area (TPSA) is 114 Å². The minimum absolute atomic E-state index is 0. The lowest BCUT2D eigenvalue weighted by Crippen LogP contribution is -2.25. The summed E-state index contributed by atoms with van der Waals surface area (Å²) in [6, 6.07) is 10.6. The molecule has 1 amide bonds. The average molecular weight is 411 g/mol. The lowest BCUT2D eigenvalue weighted by molar-refractivity contribution is 0.102. The molecule has 1 aromatic heterocycles. The highest BCUT2D eigenvalue weighted by Gasteiger charge is 2.26. The second-order valence-electron chi connectivity index (χ2n) is 9.45. The molecule has 0 fully saturated rings. The van der Waals surface area contributed by atoms with E-state index in [9.17, 15) is 14.7 Å². The van der Waals surface area contributed by atoms with Crippen LogP contribution in [0.2, 0.25) is 0 Å². The van der Waals surface area contributed by atoms with Crippen molar-refractivity contribution in [1.29, 1.82) is 0 Å². The summed E-state index contributed by atoms with van der Waals surface area (Å²) in [5.41, 5.74) is 2.06. The number of para-hydroxylation sites is 1. The molecule has 0 atom stereocenters. The number of aromatic hydroxyl groups is 1. The van der Waals surface area contributed by atoms with Gasteiger partial charge >= 0.3 is 0 Å². The third-order valence-electron chi connectivity index (χ3n) is 5.03. The van der Waals surface area contributed by atoms with E-state index < -0.39 is 5.91 Å². The molecule has 2 aromatic carbocycles. The van der Waals surface area contributed by atoms with E-state index in [1.54, 1.807) is 24.3 Å². The Morgan fingerprint density at radius 1 is 0.967 bits per heavy atom. The largest absolute Gasteiger partial charge is 0.508 e. The van der Waals surface area contributed by atoms with Crippen LogP contribution >= 0.6 is 0 Å². The molecule has 3 aromatic rings. The number of aromatic amines is 1. The Morgan fingerprint density at radius 2 is 1.57 bits per heavy atom. The number of benzene rings is 2. The van der Waals surface area contributed by atoms with Crippen molar-refractivity contribution in [2.45, 2.75) is 52.4 Å². The number of pyridine rings is 1. The van der Waals surface area contributed by atoms with Crippen LogP contribution in [0.5, 0.6) is 5.75 Å². The smallest absolute Gasteiger partial charge is 0.261 e. The van der Waals surface area contributed by atoms with E-state index in [1.165, 1.54) is 6.20 Å².